The zero-order valence-corrected chi connectivity index (χ0v) is 21.3. The molecule has 0 aromatic heterocycles. The van der Waals surface area contributed by atoms with Gasteiger partial charge in [0, 0.05) is 5.56 Å². The molecule has 4 rings (SSSR count). The lowest BCUT2D eigenvalue weighted by atomic mass is 9.77. The second-order valence-corrected chi connectivity index (χ2v) is 10.2. The summed E-state index contributed by atoms with van der Waals surface area (Å²) in [7, 11) is 0. The number of rotatable bonds is 9. The number of allylic oxidation sites excluding steroid dienone is 2. The van der Waals surface area contributed by atoms with Crippen LogP contribution in [-0.4, -0.2) is 0 Å². The Labute approximate surface area is 211 Å². The van der Waals surface area contributed by atoms with Crippen LogP contribution in [0.1, 0.15) is 92.0 Å². The largest absolute Gasteiger partial charge is 0.206 e. The van der Waals surface area contributed by atoms with Crippen LogP contribution in [0.15, 0.2) is 84.9 Å². The average Bonchev–Trinajstić information content (AvgIpc) is 2.90. The van der Waals surface area contributed by atoms with E-state index in [9.17, 15) is 4.39 Å². The third-order valence-electron chi connectivity index (χ3n) is 7.66. The second kappa shape index (κ2) is 12.7. The molecule has 35 heavy (non-hydrogen) atoms. The highest BCUT2D eigenvalue weighted by molar-refractivity contribution is 5.70. The number of halogens is 1. The van der Waals surface area contributed by atoms with Gasteiger partial charge in [0.2, 0.25) is 0 Å². The summed E-state index contributed by atoms with van der Waals surface area (Å²) in [6.07, 6.45) is 17.1. The SMILES string of the molecule is C/C=C/CCC1CCC(c2ccc(C=Cc3ccc(C[C@H](C)c4ccccc4)cc3F)cc2)CC1. The lowest BCUT2D eigenvalue weighted by molar-refractivity contribution is 0.312. The minimum Gasteiger partial charge on any atom is -0.206 e. The molecular formula is C34H39F. The van der Waals surface area contributed by atoms with Gasteiger partial charge in [0.15, 0.2) is 0 Å². The molecule has 1 heteroatoms. The monoisotopic (exact) mass is 466 g/mol. The van der Waals surface area contributed by atoms with E-state index < -0.39 is 0 Å². The number of benzene rings is 3. The van der Waals surface area contributed by atoms with Crippen molar-refractivity contribution >= 4 is 12.2 Å². The number of hydrogen-bond acceptors (Lipinski definition) is 0. The zero-order valence-electron chi connectivity index (χ0n) is 21.3. The molecule has 0 spiro atoms. The van der Waals surface area contributed by atoms with Crippen LogP contribution in [0.3, 0.4) is 0 Å². The van der Waals surface area contributed by atoms with Crippen molar-refractivity contribution in [2.75, 3.05) is 0 Å². The van der Waals surface area contributed by atoms with Crippen molar-refractivity contribution in [3.63, 3.8) is 0 Å². The molecule has 0 saturated heterocycles. The minimum absolute atomic E-state index is 0.151. The van der Waals surface area contributed by atoms with E-state index in [2.05, 4.69) is 80.6 Å². The fourth-order valence-electron chi connectivity index (χ4n) is 5.43. The summed E-state index contributed by atoms with van der Waals surface area (Å²) in [6, 6.07) is 25.0. The van der Waals surface area contributed by atoms with Crippen molar-refractivity contribution in [2.24, 2.45) is 5.92 Å². The van der Waals surface area contributed by atoms with Crippen LogP contribution in [0, 0.1) is 11.7 Å². The standard InChI is InChI=1S/C34H39F/c1-3-4-6-9-27-12-18-31(19-13-27)32-20-14-28(15-21-32)16-22-33-23-17-29(25-34(33)35)24-26(2)30-10-7-5-8-11-30/h3-5,7-8,10-11,14-17,20-23,25-27,31H,6,9,12-13,18-19,24H2,1-2H3/b4-3+,22-16?/t26-,27?,31?/m0/s1. The molecule has 1 aliphatic rings. The Kier molecular flexibility index (Phi) is 9.12. The Bertz CT molecular complexity index is 1100. The first-order valence-electron chi connectivity index (χ1n) is 13.3. The Morgan fingerprint density at radius 3 is 2.31 bits per heavy atom. The first-order valence-corrected chi connectivity index (χ1v) is 13.3. The van der Waals surface area contributed by atoms with Gasteiger partial charge >= 0.3 is 0 Å². The van der Waals surface area contributed by atoms with E-state index in [1.807, 2.05) is 24.3 Å². The molecule has 3 aromatic rings. The molecule has 0 bridgehead atoms. The van der Waals surface area contributed by atoms with Gasteiger partial charge in [0.1, 0.15) is 5.82 Å². The maximum Gasteiger partial charge on any atom is 0.130 e. The van der Waals surface area contributed by atoms with Gasteiger partial charge in [0.25, 0.3) is 0 Å². The summed E-state index contributed by atoms with van der Waals surface area (Å²) in [4.78, 5) is 0. The van der Waals surface area contributed by atoms with Crippen LogP contribution < -0.4 is 0 Å². The molecular weight excluding hydrogens is 427 g/mol. The van der Waals surface area contributed by atoms with E-state index >= 15 is 0 Å². The van der Waals surface area contributed by atoms with Crippen LogP contribution in [0.4, 0.5) is 4.39 Å². The topological polar surface area (TPSA) is 0 Å². The van der Waals surface area contributed by atoms with Gasteiger partial charge in [-0.05, 0) is 97.9 Å². The zero-order chi connectivity index (χ0) is 24.5. The van der Waals surface area contributed by atoms with Gasteiger partial charge in [0.05, 0.1) is 0 Å². The molecule has 1 aliphatic carbocycles. The van der Waals surface area contributed by atoms with Crippen molar-refractivity contribution in [1.82, 2.24) is 0 Å². The fourth-order valence-corrected chi connectivity index (χ4v) is 5.43. The predicted molar refractivity (Wildman–Crippen MR) is 149 cm³/mol. The van der Waals surface area contributed by atoms with Gasteiger partial charge < -0.3 is 0 Å². The molecule has 0 nitrogen and oxygen atoms in total. The van der Waals surface area contributed by atoms with Gasteiger partial charge in [-0.15, -0.1) is 0 Å². The van der Waals surface area contributed by atoms with Gasteiger partial charge in [-0.1, -0.05) is 98.0 Å². The molecule has 0 unspecified atom stereocenters. The molecule has 1 saturated carbocycles. The molecule has 182 valence electrons. The summed E-state index contributed by atoms with van der Waals surface area (Å²) >= 11 is 0. The third kappa shape index (κ3) is 7.28. The van der Waals surface area contributed by atoms with Gasteiger partial charge in [-0.25, -0.2) is 4.39 Å². The summed E-state index contributed by atoms with van der Waals surface area (Å²) in [6.45, 7) is 4.30. The molecule has 0 aliphatic heterocycles. The Hall–Kier alpha value is -2.93. The van der Waals surface area contributed by atoms with Crippen LogP contribution in [0.2, 0.25) is 0 Å². The van der Waals surface area contributed by atoms with E-state index in [0.29, 0.717) is 17.4 Å². The normalized spacial score (nSPS) is 19.4. The first-order chi connectivity index (χ1) is 17.1. The van der Waals surface area contributed by atoms with Gasteiger partial charge in [-0.2, -0.15) is 0 Å². The van der Waals surface area contributed by atoms with Crippen molar-refractivity contribution in [3.05, 3.63) is 119 Å². The summed E-state index contributed by atoms with van der Waals surface area (Å²) < 4.78 is 14.8. The highest BCUT2D eigenvalue weighted by Gasteiger charge is 2.21. The van der Waals surface area contributed by atoms with Crippen molar-refractivity contribution < 1.29 is 4.39 Å². The summed E-state index contributed by atoms with van der Waals surface area (Å²) in [5.74, 6) is 1.80. The lowest BCUT2D eigenvalue weighted by Crippen LogP contribution is -2.13. The van der Waals surface area contributed by atoms with Crippen molar-refractivity contribution in [3.8, 4) is 0 Å². The van der Waals surface area contributed by atoms with E-state index in [0.717, 1.165) is 23.5 Å². The summed E-state index contributed by atoms with van der Waals surface area (Å²) in [5.41, 5.74) is 5.54. The van der Waals surface area contributed by atoms with E-state index in [1.165, 1.54) is 49.7 Å². The van der Waals surface area contributed by atoms with Crippen LogP contribution in [0.25, 0.3) is 12.2 Å². The molecule has 0 heterocycles. The maximum absolute atomic E-state index is 14.8. The molecule has 3 aromatic carbocycles. The van der Waals surface area contributed by atoms with Crippen molar-refractivity contribution in [1.29, 1.82) is 0 Å². The summed E-state index contributed by atoms with van der Waals surface area (Å²) in [5, 5.41) is 0. The predicted octanol–water partition coefficient (Wildman–Crippen LogP) is 9.97. The second-order valence-electron chi connectivity index (χ2n) is 10.2. The highest BCUT2D eigenvalue weighted by atomic mass is 19.1. The van der Waals surface area contributed by atoms with E-state index in [1.54, 1.807) is 6.07 Å². The molecule has 1 fully saturated rings. The van der Waals surface area contributed by atoms with E-state index in [-0.39, 0.29) is 5.82 Å². The van der Waals surface area contributed by atoms with Crippen LogP contribution in [-0.2, 0) is 6.42 Å². The number of hydrogen-bond donors (Lipinski definition) is 0. The fraction of sp³-hybridized carbons (Fsp3) is 0.353. The highest BCUT2D eigenvalue weighted by Crippen LogP contribution is 2.37. The Morgan fingerprint density at radius 2 is 1.63 bits per heavy atom. The quantitative estimate of drug-likeness (QED) is 0.217. The maximum atomic E-state index is 14.8. The van der Waals surface area contributed by atoms with Crippen LogP contribution in [0.5, 0.6) is 0 Å². The molecule has 0 N–H and O–H groups in total. The third-order valence-corrected chi connectivity index (χ3v) is 7.66. The molecule has 0 amide bonds. The smallest absolute Gasteiger partial charge is 0.130 e. The molecule has 1 atom stereocenters. The molecule has 0 radical (unpaired) electrons. The first kappa shape index (κ1) is 25.2. The van der Waals surface area contributed by atoms with Gasteiger partial charge in [-0.3, -0.25) is 0 Å². The minimum atomic E-state index is -0.151. The van der Waals surface area contributed by atoms with E-state index in [4.69, 9.17) is 0 Å². The van der Waals surface area contributed by atoms with Crippen LogP contribution >= 0.6 is 0 Å². The van der Waals surface area contributed by atoms with Crippen molar-refractivity contribution in [2.45, 2.75) is 70.6 Å². The Balaban J connectivity index is 1.31. The lowest BCUT2D eigenvalue weighted by Gasteiger charge is -2.28. The average molecular weight is 467 g/mol. The Morgan fingerprint density at radius 1 is 0.886 bits per heavy atom.